The van der Waals surface area contributed by atoms with Crippen molar-refractivity contribution in [2.24, 2.45) is 5.92 Å². The Morgan fingerprint density at radius 3 is 2.60 bits per heavy atom. The molecular weight excluding hydrogens is 252 g/mol. The van der Waals surface area contributed by atoms with Crippen LogP contribution in [0.4, 0.5) is 5.69 Å². The zero-order chi connectivity index (χ0) is 14.5. The molecule has 2 unspecified atom stereocenters. The molecule has 0 bridgehead atoms. The second-order valence-electron chi connectivity index (χ2n) is 5.98. The van der Waals surface area contributed by atoms with Gasteiger partial charge in [-0.1, -0.05) is 18.6 Å². The van der Waals surface area contributed by atoms with Gasteiger partial charge >= 0.3 is 5.97 Å². The predicted molar refractivity (Wildman–Crippen MR) is 80.8 cm³/mol. The summed E-state index contributed by atoms with van der Waals surface area (Å²) in [5.74, 6) is -0.841. The van der Waals surface area contributed by atoms with Gasteiger partial charge in [-0.2, -0.15) is 0 Å². The van der Waals surface area contributed by atoms with Crippen LogP contribution in [0.5, 0.6) is 0 Å². The second-order valence-corrected chi connectivity index (χ2v) is 5.98. The number of carbonyl (C=O) groups is 1. The molecule has 110 valence electrons. The Balaban J connectivity index is 1.91. The number of hydrogen-bond acceptors (Lipinski definition) is 3. The summed E-state index contributed by atoms with van der Waals surface area (Å²) in [4.78, 5) is 13.2. The Morgan fingerprint density at radius 1 is 1.30 bits per heavy atom. The highest BCUT2D eigenvalue weighted by molar-refractivity contribution is 5.70. The summed E-state index contributed by atoms with van der Waals surface area (Å²) in [5.41, 5.74) is 2.37. The van der Waals surface area contributed by atoms with E-state index in [0.29, 0.717) is 0 Å². The lowest BCUT2D eigenvalue weighted by molar-refractivity contribution is -0.142. The van der Waals surface area contributed by atoms with E-state index >= 15 is 0 Å². The molecule has 4 heteroatoms. The largest absolute Gasteiger partial charge is 0.481 e. The molecule has 0 radical (unpaired) electrons. The number of anilines is 1. The molecule has 0 saturated heterocycles. The first-order chi connectivity index (χ1) is 9.54. The molecule has 1 saturated carbocycles. The van der Waals surface area contributed by atoms with Crippen molar-refractivity contribution < 1.29 is 9.90 Å². The van der Waals surface area contributed by atoms with Crippen molar-refractivity contribution in [3.8, 4) is 0 Å². The smallest absolute Gasteiger partial charge is 0.306 e. The van der Waals surface area contributed by atoms with Gasteiger partial charge in [0.15, 0.2) is 0 Å². The van der Waals surface area contributed by atoms with Crippen molar-refractivity contribution in [3.05, 3.63) is 29.8 Å². The van der Waals surface area contributed by atoms with Crippen LogP contribution in [-0.4, -0.2) is 36.1 Å². The summed E-state index contributed by atoms with van der Waals surface area (Å²) in [5, 5.41) is 12.6. The van der Waals surface area contributed by atoms with Gasteiger partial charge in [-0.25, -0.2) is 0 Å². The summed E-state index contributed by atoms with van der Waals surface area (Å²) in [7, 11) is 4.11. The molecular formula is C16H24N2O2. The maximum atomic E-state index is 11.1. The number of benzene rings is 1. The average Bonchev–Trinajstić information content (AvgIpc) is 2.41. The zero-order valence-corrected chi connectivity index (χ0v) is 12.3. The molecule has 2 rings (SSSR count). The molecule has 1 fully saturated rings. The van der Waals surface area contributed by atoms with E-state index in [-0.39, 0.29) is 12.0 Å². The Labute approximate surface area is 120 Å². The van der Waals surface area contributed by atoms with E-state index in [9.17, 15) is 4.79 Å². The third kappa shape index (κ3) is 4.23. The molecule has 0 amide bonds. The quantitative estimate of drug-likeness (QED) is 0.868. The fraction of sp³-hybridized carbons (Fsp3) is 0.562. The van der Waals surface area contributed by atoms with E-state index in [4.69, 9.17) is 5.11 Å². The summed E-state index contributed by atoms with van der Waals surface area (Å²) < 4.78 is 0. The molecule has 2 atom stereocenters. The van der Waals surface area contributed by atoms with Gasteiger partial charge in [0, 0.05) is 18.3 Å². The summed E-state index contributed by atoms with van der Waals surface area (Å²) >= 11 is 0. The van der Waals surface area contributed by atoms with E-state index in [2.05, 4.69) is 48.6 Å². The van der Waals surface area contributed by atoms with Crippen LogP contribution < -0.4 is 5.32 Å². The Morgan fingerprint density at radius 2 is 2.00 bits per heavy atom. The van der Waals surface area contributed by atoms with Crippen LogP contribution in [0.1, 0.15) is 31.2 Å². The fourth-order valence-electron chi connectivity index (χ4n) is 2.85. The van der Waals surface area contributed by atoms with Crippen LogP contribution in [-0.2, 0) is 11.3 Å². The molecule has 2 N–H and O–H groups in total. The number of nitrogens with zero attached hydrogens (tertiary/aromatic N) is 1. The number of carboxylic acid groups (broad SMARTS) is 1. The van der Waals surface area contributed by atoms with Crippen molar-refractivity contribution in [1.29, 1.82) is 0 Å². The third-order valence-electron chi connectivity index (χ3n) is 3.85. The van der Waals surface area contributed by atoms with Crippen molar-refractivity contribution >= 4 is 11.7 Å². The van der Waals surface area contributed by atoms with Crippen molar-refractivity contribution in [2.45, 2.75) is 38.3 Å². The number of aliphatic carboxylic acids is 1. The van der Waals surface area contributed by atoms with Crippen LogP contribution in [0.3, 0.4) is 0 Å². The normalized spacial score (nSPS) is 22.8. The van der Waals surface area contributed by atoms with Crippen molar-refractivity contribution in [3.63, 3.8) is 0 Å². The number of nitrogens with one attached hydrogen (secondary N) is 1. The topological polar surface area (TPSA) is 52.6 Å². The summed E-state index contributed by atoms with van der Waals surface area (Å²) in [6, 6.07) is 8.70. The molecule has 20 heavy (non-hydrogen) atoms. The first kappa shape index (κ1) is 14.9. The third-order valence-corrected chi connectivity index (χ3v) is 3.85. The highest BCUT2D eigenvalue weighted by Crippen LogP contribution is 2.27. The lowest BCUT2D eigenvalue weighted by Gasteiger charge is -2.28. The van der Waals surface area contributed by atoms with Gasteiger partial charge in [-0.05, 0) is 51.1 Å². The Hall–Kier alpha value is -1.55. The minimum atomic E-state index is -0.655. The van der Waals surface area contributed by atoms with Gasteiger partial charge in [0.25, 0.3) is 0 Å². The van der Waals surface area contributed by atoms with Gasteiger partial charge < -0.3 is 15.3 Å². The number of hydrogen-bond donors (Lipinski definition) is 2. The molecule has 1 aliphatic carbocycles. The van der Waals surface area contributed by atoms with Crippen molar-refractivity contribution in [1.82, 2.24) is 4.90 Å². The SMILES string of the molecule is CN(C)Cc1ccc(NC2CCCC(C(=O)O)C2)cc1. The molecule has 0 aromatic heterocycles. The van der Waals surface area contributed by atoms with Crippen LogP contribution in [0.25, 0.3) is 0 Å². The molecule has 1 aromatic carbocycles. The van der Waals surface area contributed by atoms with Gasteiger partial charge in [0.1, 0.15) is 0 Å². The second kappa shape index (κ2) is 6.75. The van der Waals surface area contributed by atoms with E-state index in [1.54, 1.807) is 0 Å². The lowest BCUT2D eigenvalue weighted by Crippen LogP contribution is -2.30. The van der Waals surface area contributed by atoms with Gasteiger partial charge in [-0.15, -0.1) is 0 Å². The van der Waals surface area contributed by atoms with Crippen LogP contribution in [0.2, 0.25) is 0 Å². The lowest BCUT2D eigenvalue weighted by atomic mass is 9.85. The standard InChI is InChI=1S/C16H24N2O2/c1-18(2)11-12-6-8-14(9-7-12)17-15-5-3-4-13(10-15)16(19)20/h6-9,13,15,17H,3-5,10-11H2,1-2H3,(H,19,20). The molecule has 1 aliphatic rings. The zero-order valence-electron chi connectivity index (χ0n) is 12.3. The Bertz CT molecular complexity index is 442. The highest BCUT2D eigenvalue weighted by Gasteiger charge is 2.26. The van der Waals surface area contributed by atoms with E-state index in [0.717, 1.165) is 37.9 Å². The maximum Gasteiger partial charge on any atom is 0.306 e. The maximum absolute atomic E-state index is 11.1. The predicted octanol–water partition coefficient (Wildman–Crippen LogP) is 2.80. The molecule has 4 nitrogen and oxygen atoms in total. The summed E-state index contributed by atoms with van der Waals surface area (Å²) in [6.07, 6.45) is 3.60. The molecule has 1 aromatic rings. The molecule has 0 spiro atoms. The van der Waals surface area contributed by atoms with Crippen LogP contribution >= 0.6 is 0 Å². The summed E-state index contributed by atoms with van der Waals surface area (Å²) in [6.45, 7) is 0.935. The minimum absolute atomic E-state index is 0.186. The molecule has 0 aliphatic heterocycles. The van der Waals surface area contributed by atoms with Gasteiger partial charge in [-0.3, -0.25) is 4.79 Å². The monoisotopic (exact) mass is 276 g/mol. The minimum Gasteiger partial charge on any atom is -0.481 e. The van der Waals surface area contributed by atoms with Gasteiger partial charge in [0.2, 0.25) is 0 Å². The van der Waals surface area contributed by atoms with Gasteiger partial charge in [0.05, 0.1) is 5.92 Å². The van der Waals surface area contributed by atoms with E-state index in [1.807, 2.05) is 0 Å². The van der Waals surface area contributed by atoms with E-state index in [1.165, 1.54) is 5.56 Å². The number of rotatable bonds is 5. The molecule has 0 heterocycles. The van der Waals surface area contributed by atoms with E-state index < -0.39 is 5.97 Å². The highest BCUT2D eigenvalue weighted by atomic mass is 16.4. The fourth-order valence-corrected chi connectivity index (χ4v) is 2.85. The average molecular weight is 276 g/mol. The Kier molecular flexibility index (Phi) is 5.01. The van der Waals surface area contributed by atoms with Crippen LogP contribution in [0.15, 0.2) is 24.3 Å². The van der Waals surface area contributed by atoms with Crippen LogP contribution in [0, 0.1) is 5.92 Å². The first-order valence-electron chi connectivity index (χ1n) is 7.27. The first-order valence-corrected chi connectivity index (χ1v) is 7.27. The van der Waals surface area contributed by atoms with Crippen molar-refractivity contribution in [2.75, 3.05) is 19.4 Å². The number of carboxylic acids is 1.